The summed E-state index contributed by atoms with van der Waals surface area (Å²) < 4.78 is 0. The minimum absolute atomic E-state index is 0.152. The zero-order valence-corrected chi connectivity index (χ0v) is 29.5. The summed E-state index contributed by atoms with van der Waals surface area (Å²) in [5.74, 6) is -1.66. The van der Waals surface area contributed by atoms with Gasteiger partial charge in [0.2, 0.25) is 11.8 Å². The summed E-state index contributed by atoms with van der Waals surface area (Å²) in [5.41, 5.74) is 2.94. The maximum Gasteiger partial charge on any atom is 0.261 e. The molecular weight excluding hydrogens is 660 g/mol. The van der Waals surface area contributed by atoms with Crippen LogP contribution in [0.25, 0.3) is 21.5 Å². The second kappa shape index (κ2) is 14.6. The molecule has 0 saturated carbocycles. The normalized spacial score (nSPS) is 16.3. The maximum absolute atomic E-state index is 13.2. The third kappa shape index (κ3) is 6.44. The van der Waals surface area contributed by atoms with E-state index in [0.29, 0.717) is 94.4 Å². The maximum atomic E-state index is 13.2. The van der Waals surface area contributed by atoms with Crippen molar-refractivity contribution in [1.82, 2.24) is 19.6 Å². The van der Waals surface area contributed by atoms with Gasteiger partial charge in [0.05, 0.1) is 13.1 Å². The monoisotopic (exact) mass is 702 g/mol. The van der Waals surface area contributed by atoms with Crippen molar-refractivity contribution in [3.8, 4) is 0 Å². The minimum atomic E-state index is -0.311. The van der Waals surface area contributed by atoms with E-state index in [2.05, 4.69) is 10.6 Å². The number of anilines is 2. The van der Waals surface area contributed by atoms with Crippen LogP contribution in [0, 0.1) is 0 Å². The van der Waals surface area contributed by atoms with Crippen molar-refractivity contribution in [3.63, 3.8) is 0 Å². The number of imide groups is 2. The number of carbonyl (C=O) groups excluding carboxylic acids is 6. The predicted octanol–water partition coefficient (Wildman–Crippen LogP) is 4.98. The Kier molecular flexibility index (Phi) is 9.85. The second-order valence-corrected chi connectivity index (χ2v) is 13.7. The molecule has 3 aliphatic heterocycles. The fraction of sp³-hybridized carbons (Fsp3) is 0.350. The molecule has 3 aliphatic rings. The van der Waals surface area contributed by atoms with Crippen molar-refractivity contribution in [1.29, 1.82) is 0 Å². The van der Waals surface area contributed by atoms with E-state index in [1.165, 1.54) is 9.80 Å². The summed E-state index contributed by atoms with van der Waals surface area (Å²) in [5, 5.41) is 8.42. The van der Waals surface area contributed by atoms with E-state index in [9.17, 15) is 28.8 Å². The van der Waals surface area contributed by atoms with Gasteiger partial charge < -0.3 is 10.6 Å². The lowest BCUT2D eigenvalue weighted by atomic mass is 9.93. The van der Waals surface area contributed by atoms with Crippen LogP contribution in [-0.2, 0) is 9.59 Å². The Morgan fingerprint density at radius 3 is 1.27 bits per heavy atom. The molecule has 7 rings (SSSR count). The third-order valence-electron chi connectivity index (χ3n) is 10.2. The lowest BCUT2D eigenvalue weighted by molar-refractivity contribution is -0.120. The molecule has 0 atom stereocenters. The summed E-state index contributed by atoms with van der Waals surface area (Å²) in [6, 6.07) is 17.5. The zero-order valence-electron chi connectivity index (χ0n) is 29.5. The van der Waals surface area contributed by atoms with Gasteiger partial charge in [-0.3, -0.25) is 48.4 Å². The van der Waals surface area contributed by atoms with Crippen molar-refractivity contribution in [2.75, 3.05) is 63.0 Å². The van der Waals surface area contributed by atoms with E-state index in [1.807, 2.05) is 35.8 Å². The number of benzene rings is 4. The highest BCUT2D eigenvalue weighted by atomic mass is 16.2. The van der Waals surface area contributed by atoms with Gasteiger partial charge in [0.1, 0.15) is 0 Å². The molecule has 6 amide bonds. The predicted molar refractivity (Wildman–Crippen MR) is 199 cm³/mol. The standard InChI is InChI=1S/C40H42N6O6/c1-3-5-17-45-37(49)27-11-7-9-25-31(15-13-29(35(25)27)39(45)51)41-33(47)23-43-19-21-44(22-20-43)24-34(48)42-32-16-14-30-36-26(32)10-8-12-28(36)38(50)46(40(30)52)18-6-4-2/h7-16H,3-6,17-24H2,1-2H3,(H,41,47)(H,42,48). The van der Waals surface area contributed by atoms with Gasteiger partial charge >= 0.3 is 0 Å². The number of piperazine rings is 1. The number of amides is 6. The Morgan fingerprint density at radius 1 is 0.538 bits per heavy atom. The van der Waals surface area contributed by atoms with Crippen LogP contribution >= 0.6 is 0 Å². The number of carbonyl (C=O) groups is 6. The summed E-state index contributed by atoms with van der Waals surface area (Å²) in [6.07, 6.45) is 3.20. The number of nitrogens with zero attached hydrogens (tertiary/aromatic N) is 4. The van der Waals surface area contributed by atoms with Crippen molar-refractivity contribution in [2.24, 2.45) is 0 Å². The van der Waals surface area contributed by atoms with Crippen LogP contribution in [-0.4, -0.2) is 107 Å². The smallest absolute Gasteiger partial charge is 0.261 e. The molecule has 12 heteroatoms. The number of hydrogen-bond acceptors (Lipinski definition) is 8. The first kappa shape index (κ1) is 35.0. The molecule has 3 heterocycles. The van der Waals surface area contributed by atoms with Crippen LogP contribution in [0.3, 0.4) is 0 Å². The quantitative estimate of drug-likeness (QED) is 0.197. The SMILES string of the molecule is CCCCN1C(=O)c2cccc3c(NC(=O)CN4CCN(CC(=O)Nc5ccc6c7c(cccc57)C(=O)N(CCCC)C6=O)CC4)ccc(c23)C1=O. The highest BCUT2D eigenvalue weighted by Gasteiger charge is 2.34. The summed E-state index contributed by atoms with van der Waals surface area (Å²) in [7, 11) is 0. The van der Waals surface area contributed by atoms with Gasteiger partial charge in [0, 0.05) is 94.4 Å². The Labute approximate surface area is 301 Å². The fourth-order valence-corrected chi connectivity index (χ4v) is 7.44. The molecule has 0 unspecified atom stereocenters. The van der Waals surface area contributed by atoms with Gasteiger partial charge in [-0.15, -0.1) is 0 Å². The zero-order chi connectivity index (χ0) is 36.5. The van der Waals surface area contributed by atoms with E-state index < -0.39 is 0 Å². The Morgan fingerprint density at radius 2 is 0.904 bits per heavy atom. The molecule has 0 spiro atoms. The van der Waals surface area contributed by atoms with Crippen LogP contribution in [0.1, 0.15) is 81.0 Å². The van der Waals surface area contributed by atoms with E-state index in [-0.39, 0.29) is 48.5 Å². The Hall–Kier alpha value is -5.46. The largest absolute Gasteiger partial charge is 0.324 e. The number of nitrogens with one attached hydrogen (secondary N) is 2. The summed E-state index contributed by atoms with van der Waals surface area (Å²) >= 11 is 0. The fourth-order valence-electron chi connectivity index (χ4n) is 7.44. The topological polar surface area (TPSA) is 139 Å². The van der Waals surface area contributed by atoms with E-state index in [1.54, 1.807) is 48.5 Å². The van der Waals surface area contributed by atoms with E-state index in [0.717, 1.165) is 25.7 Å². The van der Waals surface area contributed by atoms with Crippen LogP contribution < -0.4 is 10.6 Å². The molecule has 52 heavy (non-hydrogen) atoms. The molecule has 0 radical (unpaired) electrons. The molecule has 4 aromatic carbocycles. The third-order valence-corrected chi connectivity index (χ3v) is 10.2. The molecule has 1 saturated heterocycles. The summed E-state index contributed by atoms with van der Waals surface area (Å²) in [6.45, 7) is 7.41. The molecule has 12 nitrogen and oxygen atoms in total. The molecule has 1 fully saturated rings. The molecule has 0 aromatic heterocycles. The van der Waals surface area contributed by atoms with Crippen LogP contribution in [0.2, 0.25) is 0 Å². The second-order valence-electron chi connectivity index (χ2n) is 13.7. The van der Waals surface area contributed by atoms with Crippen LogP contribution in [0.15, 0.2) is 60.7 Å². The Bertz CT molecular complexity index is 1940. The molecule has 0 aliphatic carbocycles. The highest BCUT2D eigenvalue weighted by Crippen LogP contribution is 2.36. The number of unbranched alkanes of at least 4 members (excludes halogenated alkanes) is 2. The molecule has 4 aromatic rings. The first-order valence-corrected chi connectivity index (χ1v) is 18.1. The summed E-state index contributed by atoms with van der Waals surface area (Å²) in [4.78, 5) is 85.9. The van der Waals surface area contributed by atoms with Gasteiger partial charge in [-0.05, 0) is 49.2 Å². The first-order valence-electron chi connectivity index (χ1n) is 18.1. The van der Waals surface area contributed by atoms with Gasteiger partial charge in [0.15, 0.2) is 0 Å². The van der Waals surface area contributed by atoms with Crippen molar-refractivity contribution in [3.05, 3.63) is 82.9 Å². The van der Waals surface area contributed by atoms with Gasteiger partial charge in [-0.1, -0.05) is 51.0 Å². The average molecular weight is 703 g/mol. The average Bonchev–Trinajstić information content (AvgIpc) is 3.14. The van der Waals surface area contributed by atoms with Crippen molar-refractivity contribution < 1.29 is 28.8 Å². The number of rotatable bonds is 12. The van der Waals surface area contributed by atoms with Crippen LogP contribution in [0.4, 0.5) is 11.4 Å². The van der Waals surface area contributed by atoms with Crippen molar-refractivity contribution in [2.45, 2.75) is 39.5 Å². The van der Waals surface area contributed by atoms with Gasteiger partial charge in [-0.25, -0.2) is 0 Å². The number of hydrogen-bond donors (Lipinski definition) is 2. The lowest BCUT2D eigenvalue weighted by Gasteiger charge is -2.34. The van der Waals surface area contributed by atoms with Crippen molar-refractivity contribution >= 4 is 68.4 Å². The minimum Gasteiger partial charge on any atom is -0.324 e. The molecule has 0 bridgehead atoms. The molecule has 2 N–H and O–H groups in total. The van der Waals surface area contributed by atoms with Gasteiger partial charge in [-0.2, -0.15) is 0 Å². The first-order chi connectivity index (χ1) is 25.2. The molecular formula is C40H42N6O6. The van der Waals surface area contributed by atoms with E-state index in [4.69, 9.17) is 0 Å². The van der Waals surface area contributed by atoms with Crippen LogP contribution in [0.5, 0.6) is 0 Å². The van der Waals surface area contributed by atoms with E-state index >= 15 is 0 Å². The highest BCUT2D eigenvalue weighted by molar-refractivity contribution is 6.28. The lowest BCUT2D eigenvalue weighted by Crippen LogP contribution is -2.50. The van der Waals surface area contributed by atoms with Gasteiger partial charge in [0.25, 0.3) is 23.6 Å². The Balaban J connectivity index is 0.949. The molecule has 268 valence electrons.